The van der Waals surface area contributed by atoms with Crippen LogP contribution in [0.15, 0.2) is 70.5 Å². The molecule has 2 aromatic heterocycles. The SMILES string of the molecule is COc1ccc(CN(c2cscn2)S(=O)(=O)c2ccc3c(Cl)nccc3c2)cc1. The predicted octanol–water partition coefficient (Wildman–Crippen LogP) is 4.75. The van der Waals surface area contributed by atoms with Crippen molar-refractivity contribution in [3.05, 3.63) is 76.3 Å². The normalized spacial score (nSPS) is 11.5. The summed E-state index contributed by atoms with van der Waals surface area (Å²) < 4.78 is 33.5. The number of sulfonamides is 1. The second-order valence-corrected chi connectivity index (χ2v) is 9.13. The molecule has 2 aromatic carbocycles. The van der Waals surface area contributed by atoms with Gasteiger partial charge in [-0.1, -0.05) is 23.7 Å². The van der Waals surface area contributed by atoms with E-state index in [9.17, 15) is 8.42 Å². The molecule has 0 fully saturated rings. The number of benzene rings is 2. The Hall–Kier alpha value is -2.68. The molecule has 6 nitrogen and oxygen atoms in total. The fraction of sp³-hybridized carbons (Fsp3) is 0.100. The second kappa shape index (κ2) is 7.98. The third-order valence-corrected chi connectivity index (χ3v) is 7.06. The van der Waals surface area contributed by atoms with E-state index in [1.807, 2.05) is 12.1 Å². The number of nitrogens with zero attached hydrogens (tertiary/aromatic N) is 3. The maximum absolute atomic E-state index is 13.5. The molecule has 9 heteroatoms. The van der Waals surface area contributed by atoms with E-state index in [1.165, 1.54) is 15.6 Å². The zero-order valence-electron chi connectivity index (χ0n) is 15.3. The molecular formula is C20H16ClN3O3S2. The molecule has 29 heavy (non-hydrogen) atoms. The Morgan fingerprint density at radius 3 is 2.59 bits per heavy atom. The number of ether oxygens (including phenoxy) is 1. The number of aromatic nitrogens is 2. The van der Waals surface area contributed by atoms with Gasteiger partial charge in [-0.25, -0.2) is 22.7 Å². The summed E-state index contributed by atoms with van der Waals surface area (Å²) in [6.07, 6.45) is 1.55. The van der Waals surface area contributed by atoms with Crippen LogP contribution in [0, 0.1) is 0 Å². The summed E-state index contributed by atoms with van der Waals surface area (Å²) in [7, 11) is -2.27. The molecule has 0 amide bonds. The zero-order valence-corrected chi connectivity index (χ0v) is 17.7. The molecule has 0 radical (unpaired) electrons. The number of thiazole rings is 1. The van der Waals surface area contributed by atoms with E-state index in [0.29, 0.717) is 27.5 Å². The highest BCUT2D eigenvalue weighted by Crippen LogP contribution is 2.29. The average molecular weight is 446 g/mol. The van der Waals surface area contributed by atoms with Gasteiger partial charge in [-0.05, 0) is 47.3 Å². The minimum Gasteiger partial charge on any atom is -0.497 e. The molecule has 0 saturated heterocycles. The maximum atomic E-state index is 13.5. The fourth-order valence-corrected chi connectivity index (χ4v) is 5.19. The van der Waals surface area contributed by atoms with Crippen molar-refractivity contribution in [3.63, 3.8) is 0 Å². The number of pyridine rings is 1. The monoisotopic (exact) mass is 445 g/mol. The summed E-state index contributed by atoms with van der Waals surface area (Å²) in [6.45, 7) is 0.144. The number of hydrogen-bond acceptors (Lipinski definition) is 6. The number of rotatable bonds is 6. The average Bonchev–Trinajstić information content (AvgIpc) is 3.26. The molecule has 0 saturated carbocycles. The molecule has 0 bridgehead atoms. The first-order valence-corrected chi connectivity index (χ1v) is 11.3. The van der Waals surface area contributed by atoms with Gasteiger partial charge < -0.3 is 4.74 Å². The second-order valence-electron chi connectivity index (χ2n) is 6.19. The number of methoxy groups -OCH3 is 1. The van der Waals surface area contributed by atoms with Crippen LogP contribution in [0.2, 0.25) is 5.15 Å². The van der Waals surface area contributed by atoms with Crippen LogP contribution in [0.5, 0.6) is 5.75 Å². The topological polar surface area (TPSA) is 72.4 Å². The molecule has 4 rings (SSSR count). The Kier molecular flexibility index (Phi) is 5.40. The van der Waals surface area contributed by atoms with E-state index in [2.05, 4.69) is 9.97 Å². The molecule has 148 valence electrons. The van der Waals surface area contributed by atoms with Gasteiger partial charge in [0.1, 0.15) is 10.9 Å². The lowest BCUT2D eigenvalue weighted by Crippen LogP contribution is -2.30. The van der Waals surface area contributed by atoms with Crippen LogP contribution in [-0.2, 0) is 16.6 Å². The summed E-state index contributed by atoms with van der Waals surface area (Å²) in [6, 6.07) is 13.8. The maximum Gasteiger partial charge on any atom is 0.265 e. The van der Waals surface area contributed by atoms with E-state index in [0.717, 1.165) is 5.56 Å². The van der Waals surface area contributed by atoms with Crippen molar-refractivity contribution in [2.24, 2.45) is 0 Å². The highest BCUT2D eigenvalue weighted by molar-refractivity contribution is 7.92. The minimum absolute atomic E-state index is 0.144. The number of anilines is 1. The lowest BCUT2D eigenvalue weighted by atomic mass is 10.2. The first kappa shape index (κ1) is 19.6. The Labute approximate surface area is 177 Å². The summed E-state index contributed by atoms with van der Waals surface area (Å²) in [5, 5.41) is 3.45. The van der Waals surface area contributed by atoms with Crippen molar-refractivity contribution >= 4 is 49.6 Å². The molecule has 0 aliphatic heterocycles. The highest BCUT2D eigenvalue weighted by atomic mass is 35.5. The van der Waals surface area contributed by atoms with E-state index >= 15 is 0 Å². The van der Waals surface area contributed by atoms with Crippen LogP contribution < -0.4 is 9.04 Å². The third kappa shape index (κ3) is 3.91. The standard InChI is InChI=1S/C20H16ClN3O3S2/c1-27-16-4-2-14(3-5-16)11-24(19-12-28-13-23-19)29(25,26)17-6-7-18-15(10-17)8-9-22-20(18)21/h2-10,12-13H,11H2,1H3. The lowest BCUT2D eigenvalue weighted by molar-refractivity contribution is 0.414. The van der Waals surface area contributed by atoms with Gasteiger partial charge >= 0.3 is 0 Å². The Morgan fingerprint density at radius 1 is 1.10 bits per heavy atom. The molecule has 2 heterocycles. The Bertz CT molecular complexity index is 1240. The van der Waals surface area contributed by atoms with Gasteiger partial charge in [-0.15, -0.1) is 11.3 Å². The van der Waals surface area contributed by atoms with Crippen LogP contribution >= 0.6 is 22.9 Å². The van der Waals surface area contributed by atoms with Crippen molar-refractivity contribution in [1.29, 1.82) is 0 Å². The van der Waals surface area contributed by atoms with Crippen molar-refractivity contribution in [3.8, 4) is 5.75 Å². The van der Waals surface area contributed by atoms with Gasteiger partial charge in [0.15, 0.2) is 5.82 Å². The Morgan fingerprint density at radius 2 is 1.90 bits per heavy atom. The van der Waals surface area contributed by atoms with Crippen LogP contribution in [0.1, 0.15) is 5.56 Å². The van der Waals surface area contributed by atoms with Crippen LogP contribution in [0.4, 0.5) is 5.82 Å². The molecule has 0 aliphatic carbocycles. The van der Waals surface area contributed by atoms with Crippen molar-refractivity contribution in [2.45, 2.75) is 11.4 Å². The number of hydrogen-bond donors (Lipinski definition) is 0. The van der Waals surface area contributed by atoms with Gasteiger partial charge in [0, 0.05) is 17.0 Å². The van der Waals surface area contributed by atoms with Crippen LogP contribution in [0.25, 0.3) is 10.8 Å². The van der Waals surface area contributed by atoms with Crippen molar-refractivity contribution in [1.82, 2.24) is 9.97 Å². The first-order chi connectivity index (χ1) is 14.0. The quantitative estimate of drug-likeness (QED) is 0.400. The molecule has 0 N–H and O–H groups in total. The number of fused-ring (bicyclic) bond motifs is 1. The summed E-state index contributed by atoms with van der Waals surface area (Å²) in [4.78, 5) is 8.42. The van der Waals surface area contributed by atoms with E-state index in [1.54, 1.807) is 60.6 Å². The molecule has 0 unspecified atom stereocenters. The van der Waals surface area contributed by atoms with E-state index in [-0.39, 0.29) is 11.4 Å². The molecular weight excluding hydrogens is 430 g/mol. The van der Waals surface area contributed by atoms with Crippen molar-refractivity contribution < 1.29 is 13.2 Å². The summed E-state index contributed by atoms with van der Waals surface area (Å²) >= 11 is 7.45. The van der Waals surface area contributed by atoms with Gasteiger partial charge in [-0.3, -0.25) is 0 Å². The first-order valence-electron chi connectivity index (χ1n) is 8.57. The lowest BCUT2D eigenvalue weighted by Gasteiger charge is -2.22. The van der Waals surface area contributed by atoms with Crippen LogP contribution in [-0.4, -0.2) is 25.5 Å². The van der Waals surface area contributed by atoms with Gasteiger partial charge in [0.05, 0.1) is 24.1 Å². The third-order valence-electron chi connectivity index (χ3n) is 4.44. The predicted molar refractivity (Wildman–Crippen MR) is 115 cm³/mol. The molecule has 4 aromatic rings. The summed E-state index contributed by atoms with van der Waals surface area (Å²) in [5.74, 6) is 1.08. The largest absolute Gasteiger partial charge is 0.497 e. The van der Waals surface area contributed by atoms with Crippen molar-refractivity contribution in [2.75, 3.05) is 11.4 Å². The Balaban J connectivity index is 1.76. The van der Waals surface area contributed by atoms with E-state index < -0.39 is 10.0 Å². The van der Waals surface area contributed by atoms with Gasteiger partial charge in [0.25, 0.3) is 10.0 Å². The highest BCUT2D eigenvalue weighted by Gasteiger charge is 2.27. The fourth-order valence-electron chi connectivity index (χ4n) is 2.92. The van der Waals surface area contributed by atoms with Gasteiger partial charge in [0.2, 0.25) is 0 Å². The molecule has 0 atom stereocenters. The smallest absolute Gasteiger partial charge is 0.265 e. The summed E-state index contributed by atoms with van der Waals surface area (Å²) in [5.41, 5.74) is 2.42. The van der Waals surface area contributed by atoms with Gasteiger partial charge in [-0.2, -0.15) is 0 Å². The van der Waals surface area contributed by atoms with E-state index in [4.69, 9.17) is 16.3 Å². The molecule has 0 spiro atoms. The van der Waals surface area contributed by atoms with Crippen LogP contribution in [0.3, 0.4) is 0 Å². The molecule has 0 aliphatic rings. The zero-order chi connectivity index (χ0) is 20.4. The number of halogens is 1. The minimum atomic E-state index is -3.86.